The van der Waals surface area contributed by atoms with E-state index < -0.39 is 6.10 Å². The lowest BCUT2D eigenvalue weighted by molar-refractivity contribution is 0.169. The topological polar surface area (TPSA) is 114 Å². The van der Waals surface area contributed by atoms with E-state index in [0.29, 0.717) is 24.4 Å². The van der Waals surface area contributed by atoms with Crippen molar-refractivity contribution in [3.8, 4) is 11.3 Å². The van der Waals surface area contributed by atoms with Gasteiger partial charge < -0.3 is 24.7 Å². The average molecular weight is 462 g/mol. The molecule has 178 valence electrons. The molecule has 9 heteroatoms. The molecule has 9 nitrogen and oxygen atoms in total. The third kappa shape index (κ3) is 4.61. The molecule has 5 rings (SSSR count). The zero-order valence-corrected chi connectivity index (χ0v) is 19.6. The van der Waals surface area contributed by atoms with Gasteiger partial charge in [0.05, 0.1) is 36.7 Å². The highest BCUT2D eigenvalue weighted by Gasteiger charge is 2.23. The maximum atomic E-state index is 10.1. The second-order valence-electron chi connectivity index (χ2n) is 8.98. The number of nitrogens with one attached hydrogen (secondary N) is 2. The number of anilines is 2. The summed E-state index contributed by atoms with van der Waals surface area (Å²) in [4.78, 5) is 18.8. The lowest BCUT2D eigenvalue weighted by Gasteiger charge is -2.20. The number of aliphatic hydroxyl groups is 1. The van der Waals surface area contributed by atoms with E-state index in [1.807, 2.05) is 37.6 Å². The van der Waals surface area contributed by atoms with Gasteiger partial charge >= 0.3 is 0 Å². The molecule has 0 amide bonds. The largest absolute Gasteiger partial charge is 0.472 e. The molecule has 0 aromatic carbocycles. The Morgan fingerprint density at radius 2 is 2.03 bits per heavy atom. The van der Waals surface area contributed by atoms with E-state index in [-0.39, 0.29) is 6.04 Å². The molecule has 2 atom stereocenters. The highest BCUT2D eigenvalue weighted by atomic mass is 16.3. The van der Waals surface area contributed by atoms with Gasteiger partial charge in [0.15, 0.2) is 17.0 Å². The molecule has 4 aromatic rings. The van der Waals surface area contributed by atoms with Crippen LogP contribution in [0.1, 0.15) is 57.6 Å². The molecule has 1 aliphatic rings. The number of pyridine rings is 1. The second kappa shape index (κ2) is 9.80. The van der Waals surface area contributed by atoms with Crippen molar-refractivity contribution >= 4 is 22.9 Å². The Balaban J connectivity index is 1.42. The third-order valence-electron chi connectivity index (χ3n) is 6.58. The Morgan fingerprint density at radius 1 is 1.18 bits per heavy atom. The fourth-order valence-corrected chi connectivity index (χ4v) is 4.58. The molecule has 1 fully saturated rings. The number of aliphatic hydroxyl groups excluding tert-OH is 1. The van der Waals surface area contributed by atoms with Gasteiger partial charge in [-0.3, -0.25) is 4.98 Å². The second-order valence-corrected chi connectivity index (χ2v) is 8.98. The number of furan rings is 1. The first-order valence-corrected chi connectivity index (χ1v) is 12.0. The summed E-state index contributed by atoms with van der Waals surface area (Å²) < 4.78 is 7.33. The van der Waals surface area contributed by atoms with E-state index in [0.717, 1.165) is 47.2 Å². The molecule has 0 aliphatic heterocycles. The zero-order chi connectivity index (χ0) is 23.5. The summed E-state index contributed by atoms with van der Waals surface area (Å²) in [6, 6.07) is 6.20. The Bertz CT molecular complexity index is 1210. The van der Waals surface area contributed by atoms with Gasteiger partial charge in [0.25, 0.3) is 0 Å². The molecular weight excluding hydrogens is 430 g/mol. The Hall–Kier alpha value is -3.46. The molecular formula is C25H31N7O2. The van der Waals surface area contributed by atoms with Gasteiger partial charge in [-0.25, -0.2) is 4.98 Å². The first kappa shape index (κ1) is 22.3. The number of nitrogens with zero attached hydrogens (tertiary/aromatic N) is 5. The number of fused-ring (bicyclic) bond motifs is 1. The molecule has 0 bridgehead atoms. The number of hydrogen-bond acceptors (Lipinski definition) is 8. The predicted molar refractivity (Wildman–Crippen MR) is 131 cm³/mol. The van der Waals surface area contributed by atoms with Crippen molar-refractivity contribution in [1.29, 1.82) is 0 Å². The molecule has 1 saturated carbocycles. The van der Waals surface area contributed by atoms with Crippen LogP contribution in [0.4, 0.5) is 11.8 Å². The first-order valence-electron chi connectivity index (χ1n) is 12.0. The summed E-state index contributed by atoms with van der Waals surface area (Å²) in [6.07, 6.45) is 12.1. The number of imidazole rings is 1. The lowest BCUT2D eigenvalue weighted by Crippen LogP contribution is -2.31. The molecule has 4 heterocycles. The van der Waals surface area contributed by atoms with Crippen molar-refractivity contribution in [2.24, 2.45) is 0 Å². The van der Waals surface area contributed by atoms with Gasteiger partial charge in [-0.2, -0.15) is 9.97 Å². The van der Waals surface area contributed by atoms with Crippen LogP contribution in [0, 0.1) is 0 Å². The standard InChI is InChI=1S/C25H31N7O2/c1-3-20(16(2)33)29-25-30-23(22-24(31-25)32(15-28-22)19-6-4-5-7-19)27-13-17-8-9-21(26-12-17)18-10-11-34-14-18/h8-12,14-16,19-20,33H,3-7,13H2,1-2H3,(H2,27,29,30,31). The van der Waals surface area contributed by atoms with Crippen molar-refractivity contribution in [3.05, 3.63) is 48.8 Å². The maximum Gasteiger partial charge on any atom is 0.227 e. The summed E-state index contributed by atoms with van der Waals surface area (Å²) >= 11 is 0. The molecule has 0 radical (unpaired) electrons. The quantitative estimate of drug-likeness (QED) is 0.326. The van der Waals surface area contributed by atoms with E-state index in [4.69, 9.17) is 14.4 Å². The van der Waals surface area contributed by atoms with E-state index in [2.05, 4.69) is 25.2 Å². The van der Waals surface area contributed by atoms with Crippen molar-refractivity contribution in [3.63, 3.8) is 0 Å². The van der Waals surface area contributed by atoms with Gasteiger partial charge in [-0.15, -0.1) is 0 Å². The smallest absolute Gasteiger partial charge is 0.227 e. The number of rotatable bonds is 9. The molecule has 4 aromatic heterocycles. The average Bonchev–Trinajstić information content (AvgIpc) is 3.62. The molecule has 3 N–H and O–H groups in total. The van der Waals surface area contributed by atoms with Crippen LogP contribution >= 0.6 is 0 Å². The van der Waals surface area contributed by atoms with Gasteiger partial charge in [0, 0.05) is 24.3 Å². The van der Waals surface area contributed by atoms with Crippen LogP contribution in [-0.2, 0) is 6.54 Å². The monoisotopic (exact) mass is 461 g/mol. The van der Waals surface area contributed by atoms with Crippen molar-refractivity contribution in [1.82, 2.24) is 24.5 Å². The van der Waals surface area contributed by atoms with Crippen LogP contribution in [0.15, 0.2) is 47.7 Å². The number of aromatic nitrogens is 5. The normalized spacial score (nSPS) is 16.1. The summed E-state index contributed by atoms with van der Waals surface area (Å²) in [6.45, 7) is 4.36. The highest BCUT2D eigenvalue weighted by molar-refractivity contribution is 5.84. The molecule has 34 heavy (non-hydrogen) atoms. The van der Waals surface area contributed by atoms with Gasteiger partial charge in [0.2, 0.25) is 5.95 Å². The minimum Gasteiger partial charge on any atom is -0.472 e. The Kier molecular flexibility index (Phi) is 6.44. The van der Waals surface area contributed by atoms with E-state index in [1.165, 1.54) is 12.8 Å². The maximum absolute atomic E-state index is 10.1. The highest BCUT2D eigenvalue weighted by Crippen LogP contribution is 2.33. The minimum absolute atomic E-state index is 0.132. The first-order chi connectivity index (χ1) is 16.6. The molecule has 0 spiro atoms. The SMILES string of the molecule is CCC(Nc1nc(NCc2ccc(-c3ccoc3)nc2)c2ncn(C3CCCC3)c2n1)C(C)O. The summed E-state index contributed by atoms with van der Waals surface area (Å²) in [7, 11) is 0. The van der Waals surface area contributed by atoms with Gasteiger partial charge in [-0.1, -0.05) is 25.8 Å². The van der Waals surface area contributed by atoms with E-state index >= 15 is 0 Å². The van der Waals surface area contributed by atoms with Gasteiger partial charge in [0.1, 0.15) is 0 Å². The minimum atomic E-state index is -0.514. The van der Waals surface area contributed by atoms with Crippen LogP contribution in [0.25, 0.3) is 22.4 Å². The van der Waals surface area contributed by atoms with E-state index in [1.54, 1.807) is 19.5 Å². The molecule has 1 aliphatic carbocycles. The van der Waals surface area contributed by atoms with Gasteiger partial charge in [-0.05, 0) is 43.9 Å². The van der Waals surface area contributed by atoms with Crippen LogP contribution in [0.2, 0.25) is 0 Å². The fraction of sp³-hybridized carbons (Fsp3) is 0.440. The van der Waals surface area contributed by atoms with Crippen molar-refractivity contribution < 1.29 is 9.52 Å². The van der Waals surface area contributed by atoms with Crippen LogP contribution < -0.4 is 10.6 Å². The van der Waals surface area contributed by atoms with Crippen LogP contribution in [0.5, 0.6) is 0 Å². The molecule has 2 unspecified atom stereocenters. The zero-order valence-electron chi connectivity index (χ0n) is 19.6. The Labute approximate surface area is 198 Å². The van der Waals surface area contributed by atoms with E-state index in [9.17, 15) is 5.11 Å². The van der Waals surface area contributed by atoms with Crippen molar-refractivity contribution in [2.75, 3.05) is 10.6 Å². The van der Waals surface area contributed by atoms with Crippen LogP contribution in [-0.4, -0.2) is 41.8 Å². The van der Waals surface area contributed by atoms with Crippen LogP contribution in [0.3, 0.4) is 0 Å². The van der Waals surface area contributed by atoms with Crippen molar-refractivity contribution in [2.45, 2.75) is 70.7 Å². The number of hydrogen-bond donors (Lipinski definition) is 3. The molecule has 0 saturated heterocycles. The summed E-state index contributed by atoms with van der Waals surface area (Å²) in [5, 5.41) is 16.9. The third-order valence-corrected chi connectivity index (χ3v) is 6.58. The lowest BCUT2D eigenvalue weighted by atomic mass is 10.1. The predicted octanol–water partition coefficient (Wildman–Crippen LogP) is 4.78. The Morgan fingerprint density at radius 3 is 2.71 bits per heavy atom. The summed E-state index contributed by atoms with van der Waals surface area (Å²) in [5.41, 5.74) is 4.42. The fourth-order valence-electron chi connectivity index (χ4n) is 4.58. The summed E-state index contributed by atoms with van der Waals surface area (Å²) in [5.74, 6) is 1.17.